The lowest BCUT2D eigenvalue weighted by molar-refractivity contribution is 0.924. The Morgan fingerprint density at radius 3 is 2.56 bits per heavy atom. The molecule has 1 aliphatic heterocycles. The van der Waals surface area contributed by atoms with Crippen LogP contribution in [0.1, 0.15) is 0 Å². The first kappa shape index (κ1) is 10.6. The Morgan fingerprint density at radius 1 is 1.25 bits per heavy atom. The Hall–Kier alpha value is -1.96. The van der Waals surface area contributed by atoms with Crippen molar-refractivity contribution in [2.45, 2.75) is 0 Å². The number of allylic oxidation sites excluding steroid dienone is 3. The van der Waals surface area contributed by atoms with Crippen LogP contribution in [-0.4, -0.2) is 13.7 Å². The second kappa shape index (κ2) is 4.27. The van der Waals surface area contributed by atoms with Gasteiger partial charge in [-0.1, -0.05) is 31.4 Å². The number of anilines is 2. The number of hydrogen-bond acceptors (Lipinski definition) is 2. The first-order valence-corrected chi connectivity index (χ1v) is 5.31. The third kappa shape index (κ3) is 1.63. The second-order valence-electron chi connectivity index (χ2n) is 3.79. The summed E-state index contributed by atoms with van der Waals surface area (Å²) < 4.78 is 0. The summed E-state index contributed by atoms with van der Waals surface area (Å²) in [5.41, 5.74) is 3.55. The SMILES string of the molecule is C=C/C=C(\C=C)N1CN(C)c2ccccc21. The van der Waals surface area contributed by atoms with E-state index in [9.17, 15) is 0 Å². The van der Waals surface area contributed by atoms with Gasteiger partial charge in [-0.3, -0.25) is 0 Å². The third-order valence-corrected chi connectivity index (χ3v) is 2.75. The van der Waals surface area contributed by atoms with E-state index in [4.69, 9.17) is 0 Å². The smallest absolute Gasteiger partial charge is 0.0950 e. The molecule has 0 saturated heterocycles. The monoisotopic (exact) mass is 212 g/mol. The van der Waals surface area contributed by atoms with Crippen molar-refractivity contribution >= 4 is 11.4 Å². The van der Waals surface area contributed by atoms with Crippen LogP contribution in [0.2, 0.25) is 0 Å². The molecule has 0 amide bonds. The van der Waals surface area contributed by atoms with Crippen LogP contribution in [0.15, 0.2) is 61.3 Å². The molecule has 1 aliphatic rings. The summed E-state index contributed by atoms with van der Waals surface area (Å²) in [7, 11) is 2.09. The average Bonchev–Trinajstić information content (AvgIpc) is 2.65. The molecule has 0 unspecified atom stereocenters. The Balaban J connectivity index is 2.44. The molecule has 0 fully saturated rings. The van der Waals surface area contributed by atoms with E-state index in [-0.39, 0.29) is 0 Å². The molecule has 0 N–H and O–H groups in total. The van der Waals surface area contributed by atoms with E-state index < -0.39 is 0 Å². The average molecular weight is 212 g/mol. The topological polar surface area (TPSA) is 6.48 Å². The molecule has 2 rings (SSSR count). The minimum Gasteiger partial charge on any atom is -0.355 e. The lowest BCUT2D eigenvalue weighted by atomic mass is 10.2. The molecule has 2 nitrogen and oxygen atoms in total. The Bertz CT molecular complexity index is 446. The van der Waals surface area contributed by atoms with Gasteiger partial charge < -0.3 is 9.80 Å². The van der Waals surface area contributed by atoms with Crippen LogP contribution in [0.25, 0.3) is 0 Å². The first-order chi connectivity index (χ1) is 7.77. The van der Waals surface area contributed by atoms with Crippen molar-refractivity contribution in [3.8, 4) is 0 Å². The molecule has 16 heavy (non-hydrogen) atoms. The van der Waals surface area contributed by atoms with Gasteiger partial charge in [0.05, 0.1) is 18.0 Å². The normalized spacial score (nSPS) is 14.9. The highest BCUT2D eigenvalue weighted by Gasteiger charge is 2.23. The van der Waals surface area contributed by atoms with E-state index in [0.29, 0.717) is 0 Å². The third-order valence-electron chi connectivity index (χ3n) is 2.75. The van der Waals surface area contributed by atoms with Gasteiger partial charge in [-0.25, -0.2) is 0 Å². The predicted octanol–water partition coefficient (Wildman–Crippen LogP) is 3.16. The maximum absolute atomic E-state index is 3.85. The maximum Gasteiger partial charge on any atom is 0.0950 e. The minimum atomic E-state index is 0.852. The van der Waals surface area contributed by atoms with E-state index in [1.165, 1.54) is 11.4 Å². The molecule has 0 atom stereocenters. The molecule has 1 aromatic carbocycles. The van der Waals surface area contributed by atoms with Gasteiger partial charge in [-0.15, -0.1) is 0 Å². The Kier molecular flexibility index (Phi) is 2.82. The van der Waals surface area contributed by atoms with Crippen molar-refractivity contribution in [2.75, 3.05) is 23.5 Å². The summed E-state index contributed by atoms with van der Waals surface area (Å²) in [4.78, 5) is 4.44. The molecule has 0 aliphatic carbocycles. The van der Waals surface area contributed by atoms with Gasteiger partial charge in [-0.2, -0.15) is 0 Å². The first-order valence-electron chi connectivity index (χ1n) is 5.31. The van der Waals surface area contributed by atoms with Gasteiger partial charge >= 0.3 is 0 Å². The predicted molar refractivity (Wildman–Crippen MR) is 70.7 cm³/mol. The summed E-state index contributed by atoms with van der Waals surface area (Å²) >= 11 is 0. The van der Waals surface area contributed by atoms with Crippen molar-refractivity contribution in [2.24, 2.45) is 0 Å². The summed E-state index contributed by atoms with van der Waals surface area (Å²) in [5.74, 6) is 0. The molecular weight excluding hydrogens is 196 g/mol. The van der Waals surface area contributed by atoms with E-state index in [1.807, 2.05) is 12.2 Å². The molecule has 1 aromatic rings. The summed E-state index contributed by atoms with van der Waals surface area (Å²) in [6.07, 6.45) is 5.62. The Labute approximate surface area is 96.8 Å². The van der Waals surface area contributed by atoms with Crippen LogP contribution in [0.4, 0.5) is 11.4 Å². The lowest BCUT2D eigenvalue weighted by Crippen LogP contribution is -2.26. The molecule has 1 heterocycles. The van der Waals surface area contributed by atoms with Gasteiger partial charge in [0.25, 0.3) is 0 Å². The zero-order valence-corrected chi connectivity index (χ0v) is 9.56. The van der Waals surface area contributed by atoms with Gasteiger partial charge in [-0.05, 0) is 24.3 Å². The standard InChI is InChI=1S/C14H16N2/c1-4-8-12(5-2)16-11-15(3)13-9-6-7-10-14(13)16/h4-10H,1-2,11H2,3H3/b12-8+. The lowest BCUT2D eigenvalue weighted by Gasteiger charge is -2.20. The summed E-state index contributed by atoms with van der Waals surface area (Å²) in [5, 5.41) is 0. The minimum absolute atomic E-state index is 0.852. The van der Waals surface area contributed by atoms with Crippen molar-refractivity contribution in [1.82, 2.24) is 0 Å². The van der Waals surface area contributed by atoms with E-state index in [2.05, 4.69) is 54.3 Å². The zero-order valence-electron chi connectivity index (χ0n) is 9.56. The van der Waals surface area contributed by atoms with Crippen LogP contribution >= 0.6 is 0 Å². The number of para-hydroxylation sites is 2. The van der Waals surface area contributed by atoms with E-state index in [0.717, 1.165) is 12.4 Å². The highest BCUT2D eigenvalue weighted by atomic mass is 15.4. The molecule has 0 spiro atoms. The second-order valence-corrected chi connectivity index (χ2v) is 3.79. The fraction of sp³-hybridized carbons (Fsp3) is 0.143. The fourth-order valence-corrected chi connectivity index (χ4v) is 1.99. The maximum atomic E-state index is 3.85. The summed E-state index contributed by atoms with van der Waals surface area (Å²) in [6.45, 7) is 8.43. The quantitative estimate of drug-likeness (QED) is 0.710. The van der Waals surface area contributed by atoms with E-state index >= 15 is 0 Å². The molecular formula is C14H16N2. The van der Waals surface area contributed by atoms with Gasteiger partial charge in [0.1, 0.15) is 0 Å². The van der Waals surface area contributed by atoms with Crippen LogP contribution in [0.5, 0.6) is 0 Å². The largest absolute Gasteiger partial charge is 0.355 e. The van der Waals surface area contributed by atoms with Gasteiger partial charge in [0, 0.05) is 12.7 Å². The van der Waals surface area contributed by atoms with Crippen LogP contribution in [0, 0.1) is 0 Å². The van der Waals surface area contributed by atoms with Crippen molar-refractivity contribution in [1.29, 1.82) is 0 Å². The zero-order chi connectivity index (χ0) is 11.5. The molecule has 0 saturated carbocycles. The Morgan fingerprint density at radius 2 is 1.94 bits per heavy atom. The van der Waals surface area contributed by atoms with Crippen LogP contribution in [0.3, 0.4) is 0 Å². The van der Waals surface area contributed by atoms with Gasteiger partial charge in [0.2, 0.25) is 0 Å². The summed E-state index contributed by atoms with van der Waals surface area (Å²) in [6, 6.07) is 8.37. The highest BCUT2D eigenvalue weighted by molar-refractivity contribution is 5.78. The van der Waals surface area contributed by atoms with Crippen molar-refractivity contribution in [3.05, 3.63) is 61.3 Å². The molecule has 0 aromatic heterocycles. The van der Waals surface area contributed by atoms with Crippen LogP contribution < -0.4 is 9.80 Å². The molecule has 0 bridgehead atoms. The van der Waals surface area contributed by atoms with Crippen LogP contribution in [-0.2, 0) is 0 Å². The number of nitrogens with zero attached hydrogens (tertiary/aromatic N) is 2. The fourth-order valence-electron chi connectivity index (χ4n) is 1.99. The number of fused-ring (bicyclic) bond motifs is 1. The number of benzene rings is 1. The van der Waals surface area contributed by atoms with Crippen molar-refractivity contribution < 1.29 is 0 Å². The molecule has 0 radical (unpaired) electrons. The number of rotatable bonds is 3. The highest BCUT2D eigenvalue weighted by Crippen LogP contribution is 2.36. The number of hydrogen-bond donors (Lipinski definition) is 0. The van der Waals surface area contributed by atoms with Crippen molar-refractivity contribution in [3.63, 3.8) is 0 Å². The molecule has 82 valence electrons. The van der Waals surface area contributed by atoms with Gasteiger partial charge in [0.15, 0.2) is 0 Å². The molecule has 2 heteroatoms. The van der Waals surface area contributed by atoms with E-state index in [1.54, 1.807) is 6.08 Å².